The molecule has 0 spiro atoms. The molecular formula is C15H27ClN4. The zero-order valence-corrected chi connectivity index (χ0v) is 13.5. The number of hydrogen-bond acceptors (Lipinski definition) is 3. The highest BCUT2D eigenvalue weighted by Crippen LogP contribution is 2.17. The molecule has 0 aliphatic carbocycles. The monoisotopic (exact) mass is 298 g/mol. The van der Waals surface area contributed by atoms with Gasteiger partial charge in [0.2, 0.25) is 0 Å². The third-order valence-electron chi connectivity index (χ3n) is 4.13. The molecule has 2 heterocycles. The molecule has 1 saturated heterocycles. The Morgan fingerprint density at radius 3 is 3.05 bits per heavy atom. The molecule has 114 valence electrons. The van der Waals surface area contributed by atoms with Crippen molar-refractivity contribution in [2.24, 2.45) is 0 Å². The Hall–Kier alpha value is -0.580. The molecular weight excluding hydrogens is 272 g/mol. The van der Waals surface area contributed by atoms with Gasteiger partial charge in [-0.05, 0) is 32.4 Å². The highest BCUT2D eigenvalue weighted by molar-refractivity contribution is 6.30. The van der Waals surface area contributed by atoms with Crippen molar-refractivity contribution in [3.8, 4) is 0 Å². The van der Waals surface area contributed by atoms with Crippen molar-refractivity contribution in [1.29, 1.82) is 0 Å². The predicted octanol–water partition coefficient (Wildman–Crippen LogP) is 2.98. The van der Waals surface area contributed by atoms with E-state index in [9.17, 15) is 0 Å². The third kappa shape index (κ3) is 4.21. The lowest BCUT2D eigenvalue weighted by molar-refractivity contribution is 0.259. The normalized spacial score (nSPS) is 19.9. The summed E-state index contributed by atoms with van der Waals surface area (Å²) in [4.78, 5) is 10.3. The van der Waals surface area contributed by atoms with E-state index in [1.807, 2.05) is 0 Å². The number of unbranched alkanes of at least 4 members (excludes halogenated alkanes) is 1. The number of likely N-dealkylation sites (N-methyl/N-ethyl adjacent to an activating group) is 1. The summed E-state index contributed by atoms with van der Waals surface area (Å²) < 4.78 is 0. The Morgan fingerprint density at radius 1 is 1.45 bits per heavy atom. The second kappa shape index (κ2) is 8.01. The molecule has 2 rings (SSSR count). The van der Waals surface area contributed by atoms with E-state index in [2.05, 4.69) is 34.0 Å². The van der Waals surface area contributed by atoms with Crippen LogP contribution in [0.1, 0.15) is 51.0 Å². The number of aromatic nitrogens is 2. The average Bonchev–Trinajstić information content (AvgIpc) is 3.03. The molecule has 5 heteroatoms. The van der Waals surface area contributed by atoms with Crippen molar-refractivity contribution >= 4 is 11.6 Å². The largest absolute Gasteiger partial charge is 0.344 e. The summed E-state index contributed by atoms with van der Waals surface area (Å²) in [5.41, 5.74) is 1.03. The Kier molecular flexibility index (Phi) is 6.33. The van der Waals surface area contributed by atoms with Crippen LogP contribution < -0.4 is 5.32 Å². The van der Waals surface area contributed by atoms with E-state index in [0.717, 1.165) is 44.0 Å². The van der Waals surface area contributed by atoms with Crippen molar-refractivity contribution in [2.75, 3.05) is 19.6 Å². The van der Waals surface area contributed by atoms with Crippen molar-refractivity contribution < 1.29 is 0 Å². The van der Waals surface area contributed by atoms with Crippen LogP contribution in [0.2, 0.25) is 5.15 Å². The smallest absolute Gasteiger partial charge is 0.151 e. The average molecular weight is 299 g/mol. The van der Waals surface area contributed by atoms with Crippen LogP contribution in [0, 0.1) is 0 Å². The van der Waals surface area contributed by atoms with Gasteiger partial charge < -0.3 is 10.3 Å². The number of nitrogens with one attached hydrogen (secondary N) is 2. The standard InChI is InChI=1S/C15H27ClN4/c1-3-5-8-14-18-13(15(16)19-14)11-17-10-12-7-6-9-20(12)4-2/h12,17H,3-11H2,1-2H3,(H,18,19). The molecule has 0 amide bonds. The van der Waals surface area contributed by atoms with Crippen LogP contribution in [-0.4, -0.2) is 40.5 Å². The van der Waals surface area contributed by atoms with Gasteiger partial charge in [-0.1, -0.05) is 31.9 Å². The second-order valence-electron chi connectivity index (χ2n) is 5.61. The number of rotatable bonds is 8. The molecule has 2 N–H and O–H groups in total. The van der Waals surface area contributed by atoms with Gasteiger partial charge in [0.25, 0.3) is 0 Å². The first-order chi connectivity index (χ1) is 9.74. The maximum atomic E-state index is 6.18. The van der Waals surface area contributed by atoms with Gasteiger partial charge in [-0.3, -0.25) is 4.90 Å². The van der Waals surface area contributed by atoms with Crippen LogP contribution >= 0.6 is 11.6 Å². The van der Waals surface area contributed by atoms with Crippen LogP contribution in [0.4, 0.5) is 0 Å². The van der Waals surface area contributed by atoms with E-state index in [4.69, 9.17) is 11.6 Å². The van der Waals surface area contributed by atoms with Gasteiger partial charge >= 0.3 is 0 Å². The first kappa shape index (κ1) is 15.8. The van der Waals surface area contributed by atoms with Crippen molar-refractivity contribution in [3.05, 3.63) is 16.7 Å². The number of imidazole rings is 1. The lowest BCUT2D eigenvalue weighted by Crippen LogP contribution is -2.37. The Balaban J connectivity index is 1.77. The molecule has 1 unspecified atom stereocenters. The lowest BCUT2D eigenvalue weighted by atomic mass is 10.2. The molecule has 4 nitrogen and oxygen atoms in total. The van der Waals surface area contributed by atoms with Crippen LogP contribution in [0.5, 0.6) is 0 Å². The fourth-order valence-corrected chi connectivity index (χ4v) is 3.14. The summed E-state index contributed by atoms with van der Waals surface area (Å²) in [5, 5.41) is 4.15. The summed E-state index contributed by atoms with van der Waals surface area (Å²) in [7, 11) is 0. The third-order valence-corrected chi connectivity index (χ3v) is 4.44. The van der Waals surface area contributed by atoms with Crippen LogP contribution in [-0.2, 0) is 13.0 Å². The summed E-state index contributed by atoms with van der Waals surface area (Å²) in [6.07, 6.45) is 5.96. The highest BCUT2D eigenvalue weighted by atomic mass is 35.5. The second-order valence-corrected chi connectivity index (χ2v) is 5.97. The zero-order valence-electron chi connectivity index (χ0n) is 12.7. The van der Waals surface area contributed by atoms with Gasteiger partial charge in [0.1, 0.15) is 5.82 Å². The van der Waals surface area contributed by atoms with Gasteiger partial charge in [-0.25, -0.2) is 4.98 Å². The number of H-pyrrole nitrogens is 1. The molecule has 1 fully saturated rings. The van der Waals surface area contributed by atoms with Crippen LogP contribution in [0.25, 0.3) is 0 Å². The summed E-state index contributed by atoms with van der Waals surface area (Å²) in [5.74, 6) is 1.02. The van der Waals surface area contributed by atoms with E-state index < -0.39 is 0 Å². The molecule has 1 aromatic rings. The topological polar surface area (TPSA) is 44.0 Å². The quantitative estimate of drug-likeness (QED) is 0.775. The van der Waals surface area contributed by atoms with E-state index in [1.54, 1.807) is 0 Å². The maximum absolute atomic E-state index is 6.18. The summed E-state index contributed by atoms with van der Waals surface area (Å²) in [6.45, 7) is 8.64. The van der Waals surface area contributed by atoms with E-state index in [1.165, 1.54) is 25.8 Å². The maximum Gasteiger partial charge on any atom is 0.151 e. The van der Waals surface area contributed by atoms with Gasteiger partial charge in [0, 0.05) is 25.6 Å². The van der Waals surface area contributed by atoms with Gasteiger partial charge in [0.05, 0.1) is 5.69 Å². The molecule has 0 bridgehead atoms. The molecule has 0 radical (unpaired) electrons. The molecule has 1 atom stereocenters. The number of hydrogen-bond donors (Lipinski definition) is 2. The van der Waals surface area contributed by atoms with Crippen LogP contribution in [0.15, 0.2) is 0 Å². The summed E-state index contributed by atoms with van der Waals surface area (Å²) >= 11 is 6.18. The van der Waals surface area contributed by atoms with Crippen molar-refractivity contribution in [3.63, 3.8) is 0 Å². The first-order valence-corrected chi connectivity index (χ1v) is 8.30. The molecule has 1 aromatic heterocycles. The van der Waals surface area contributed by atoms with Crippen molar-refractivity contribution in [2.45, 2.75) is 58.5 Å². The molecule has 1 aliphatic rings. The van der Waals surface area contributed by atoms with E-state index >= 15 is 0 Å². The zero-order chi connectivity index (χ0) is 14.4. The SMILES string of the molecule is CCCCc1nc(Cl)c(CNCC2CCCN2CC)[nH]1. The Morgan fingerprint density at radius 2 is 2.30 bits per heavy atom. The summed E-state index contributed by atoms with van der Waals surface area (Å²) in [6, 6.07) is 0.682. The number of aromatic amines is 1. The number of likely N-dealkylation sites (tertiary alicyclic amines) is 1. The Bertz CT molecular complexity index is 405. The number of nitrogens with zero attached hydrogens (tertiary/aromatic N) is 2. The van der Waals surface area contributed by atoms with Crippen molar-refractivity contribution in [1.82, 2.24) is 20.2 Å². The first-order valence-electron chi connectivity index (χ1n) is 7.92. The number of aryl methyl sites for hydroxylation is 1. The van der Waals surface area contributed by atoms with Gasteiger partial charge in [-0.2, -0.15) is 0 Å². The minimum absolute atomic E-state index is 0.627. The van der Waals surface area contributed by atoms with E-state index in [-0.39, 0.29) is 0 Å². The number of halogens is 1. The Labute approximate surface area is 127 Å². The minimum atomic E-state index is 0.627. The molecule has 0 aromatic carbocycles. The van der Waals surface area contributed by atoms with Gasteiger partial charge in [0.15, 0.2) is 5.15 Å². The molecule has 20 heavy (non-hydrogen) atoms. The fourth-order valence-electron chi connectivity index (χ4n) is 2.93. The molecule has 1 aliphatic heterocycles. The van der Waals surface area contributed by atoms with Gasteiger partial charge in [-0.15, -0.1) is 0 Å². The van der Waals surface area contributed by atoms with Crippen LogP contribution in [0.3, 0.4) is 0 Å². The highest BCUT2D eigenvalue weighted by Gasteiger charge is 2.22. The van der Waals surface area contributed by atoms with E-state index in [0.29, 0.717) is 11.2 Å². The lowest BCUT2D eigenvalue weighted by Gasteiger charge is -2.22. The minimum Gasteiger partial charge on any atom is -0.344 e. The fraction of sp³-hybridized carbons (Fsp3) is 0.800. The predicted molar refractivity (Wildman–Crippen MR) is 84.2 cm³/mol. The molecule has 0 saturated carbocycles.